The van der Waals surface area contributed by atoms with Crippen LogP contribution < -0.4 is 5.32 Å². The van der Waals surface area contributed by atoms with E-state index in [0.29, 0.717) is 5.56 Å². The fourth-order valence-corrected chi connectivity index (χ4v) is 6.05. The van der Waals surface area contributed by atoms with Crippen molar-refractivity contribution in [1.82, 2.24) is 9.88 Å². The van der Waals surface area contributed by atoms with E-state index in [1.54, 1.807) is 0 Å². The highest BCUT2D eigenvalue weighted by Crippen LogP contribution is 2.41. The minimum Gasteiger partial charge on any atom is -0.456 e. The molecule has 0 radical (unpaired) electrons. The number of nitrogens with zero attached hydrogens (tertiary/aromatic N) is 2. The van der Waals surface area contributed by atoms with Crippen LogP contribution in [0, 0.1) is 11.3 Å². The molecule has 0 saturated heterocycles. The predicted octanol–water partition coefficient (Wildman–Crippen LogP) is 8.72. The summed E-state index contributed by atoms with van der Waals surface area (Å²) in [4.78, 5) is 0. The number of hydrogen-bond acceptors (Lipinski definition) is 3. The lowest BCUT2D eigenvalue weighted by Crippen LogP contribution is -2.09. The molecule has 1 aliphatic rings. The molecule has 1 N–H and O–H groups in total. The van der Waals surface area contributed by atoms with Crippen LogP contribution in [0.1, 0.15) is 11.1 Å². The number of fused-ring (bicyclic) bond motifs is 6. The SMILES string of the molecule is N#Cc1cc(C2=CNCC=C2)cc(-c2ccc3oc4ccccc4c3c2)c1-n1c2ccccc2c2ccccc21. The summed E-state index contributed by atoms with van der Waals surface area (Å²) in [6, 6.07) is 38.1. The number of nitrogens with one attached hydrogen (secondary N) is 1. The van der Waals surface area contributed by atoms with Gasteiger partial charge in [-0.15, -0.1) is 0 Å². The first-order valence-electron chi connectivity index (χ1n) is 13.4. The van der Waals surface area contributed by atoms with Gasteiger partial charge in [0.05, 0.1) is 22.3 Å². The van der Waals surface area contributed by atoms with E-state index in [-0.39, 0.29) is 0 Å². The van der Waals surface area contributed by atoms with Crippen LogP contribution in [0.15, 0.2) is 126 Å². The van der Waals surface area contributed by atoms with Crippen molar-refractivity contribution in [3.8, 4) is 22.9 Å². The van der Waals surface area contributed by atoms with E-state index >= 15 is 0 Å². The van der Waals surface area contributed by atoms with Crippen LogP contribution in [0.4, 0.5) is 0 Å². The molecule has 5 aromatic carbocycles. The highest BCUT2D eigenvalue weighted by Gasteiger charge is 2.21. The van der Waals surface area contributed by atoms with E-state index in [4.69, 9.17) is 4.42 Å². The number of nitriles is 1. The largest absolute Gasteiger partial charge is 0.456 e. The monoisotopic (exact) mass is 513 g/mol. The summed E-state index contributed by atoms with van der Waals surface area (Å²) >= 11 is 0. The predicted molar refractivity (Wildman–Crippen MR) is 163 cm³/mol. The molecule has 4 heteroatoms. The van der Waals surface area contributed by atoms with Crippen molar-refractivity contribution in [3.05, 3.63) is 133 Å². The highest BCUT2D eigenvalue weighted by atomic mass is 16.3. The molecule has 40 heavy (non-hydrogen) atoms. The molecule has 3 heterocycles. The van der Waals surface area contributed by atoms with Gasteiger partial charge in [-0.25, -0.2) is 0 Å². The number of aromatic nitrogens is 1. The molecule has 8 rings (SSSR count). The maximum Gasteiger partial charge on any atom is 0.135 e. The minimum atomic E-state index is 0.621. The van der Waals surface area contributed by atoms with Crippen LogP contribution >= 0.6 is 0 Å². The number of para-hydroxylation sites is 3. The van der Waals surface area contributed by atoms with Crippen LogP contribution in [0.25, 0.3) is 66.1 Å². The Kier molecular flexibility index (Phi) is 4.92. The zero-order valence-corrected chi connectivity index (χ0v) is 21.6. The van der Waals surface area contributed by atoms with Crippen molar-refractivity contribution in [2.24, 2.45) is 0 Å². The average Bonchev–Trinajstić information content (AvgIpc) is 3.56. The van der Waals surface area contributed by atoms with Crippen LogP contribution in [0.5, 0.6) is 0 Å². The molecular weight excluding hydrogens is 490 g/mol. The van der Waals surface area contributed by atoms with E-state index in [0.717, 1.165) is 78.2 Å². The first-order valence-corrected chi connectivity index (χ1v) is 13.4. The Morgan fingerprint density at radius 2 is 1.40 bits per heavy atom. The van der Waals surface area contributed by atoms with Crippen molar-refractivity contribution in [2.75, 3.05) is 6.54 Å². The average molecular weight is 514 g/mol. The summed E-state index contributed by atoms with van der Waals surface area (Å²) in [5.74, 6) is 0. The van der Waals surface area contributed by atoms with E-state index in [9.17, 15) is 5.26 Å². The second kappa shape index (κ2) is 8.76. The van der Waals surface area contributed by atoms with Gasteiger partial charge in [-0.1, -0.05) is 72.8 Å². The molecule has 0 bridgehead atoms. The van der Waals surface area contributed by atoms with Crippen molar-refractivity contribution in [1.29, 1.82) is 5.26 Å². The fraction of sp³-hybridized carbons (Fsp3) is 0.0278. The van der Waals surface area contributed by atoms with Gasteiger partial charge in [0, 0.05) is 39.9 Å². The molecule has 0 aliphatic carbocycles. The second-order valence-corrected chi connectivity index (χ2v) is 10.1. The lowest BCUT2D eigenvalue weighted by molar-refractivity contribution is 0.669. The Hall–Kier alpha value is -5.53. The number of hydrogen-bond donors (Lipinski definition) is 1. The number of furan rings is 1. The molecule has 1 aliphatic heterocycles. The Labute approximate surface area is 230 Å². The van der Waals surface area contributed by atoms with E-state index in [1.165, 1.54) is 0 Å². The van der Waals surface area contributed by atoms with Gasteiger partial charge in [-0.2, -0.15) is 5.26 Å². The van der Waals surface area contributed by atoms with Crippen molar-refractivity contribution < 1.29 is 4.42 Å². The third-order valence-electron chi connectivity index (χ3n) is 7.85. The molecular formula is C36H23N3O. The van der Waals surface area contributed by atoms with Crippen molar-refractivity contribution in [3.63, 3.8) is 0 Å². The third kappa shape index (κ3) is 3.32. The molecule has 0 unspecified atom stereocenters. The minimum absolute atomic E-state index is 0.621. The number of dihydropyridines is 1. The van der Waals surface area contributed by atoms with Crippen LogP contribution in [0.3, 0.4) is 0 Å². The molecule has 0 spiro atoms. The van der Waals surface area contributed by atoms with E-state index < -0.39 is 0 Å². The van der Waals surface area contributed by atoms with Gasteiger partial charge in [0.1, 0.15) is 17.2 Å². The molecule has 7 aromatic rings. The molecule has 0 amide bonds. The summed E-state index contributed by atoms with van der Waals surface area (Å²) in [6.45, 7) is 0.797. The Morgan fingerprint density at radius 3 is 2.12 bits per heavy atom. The first-order chi connectivity index (χ1) is 19.8. The molecule has 0 saturated carbocycles. The number of benzene rings is 5. The van der Waals surface area contributed by atoms with E-state index in [2.05, 4.69) is 101 Å². The van der Waals surface area contributed by atoms with Gasteiger partial charge in [-0.05, 0) is 59.2 Å². The van der Waals surface area contributed by atoms with Crippen LogP contribution in [-0.4, -0.2) is 11.1 Å². The van der Waals surface area contributed by atoms with Gasteiger partial charge in [0.25, 0.3) is 0 Å². The smallest absolute Gasteiger partial charge is 0.135 e. The fourth-order valence-electron chi connectivity index (χ4n) is 6.05. The Morgan fingerprint density at radius 1 is 0.700 bits per heavy atom. The normalized spacial score (nSPS) is 13.1. The first kappa shape index (κ1) is 22.5. The molecule has 0 fully saturated rings. The van der Waals surface area contributed by atoms with Crippen LogP contribution in [0.2, 0.25) is 0 Å². The summed E-state index contributed by atoms with van der Waals surface area (Å²) < 4.78 is 8.39. The second-order valence-electron chi connectivity index (χ2n) is 10.1. The van der Waals surface area contributed by atoms with Gasteiger partial charge >= 0.3 is 0 Å². The summed E-state index contributed by atoms with van der Waals surface area (Å²) in [6.07, 6.45) is 6.24. The topological polar surface area (TPSA) is 53.9 Å². The standard InChI is InChI=1S/C36H23N3O/c37-21-26-18-25(24-8-7-17-38-22-24)20-30(23-15-16-35-31(19-23)29-11-3-6-14-34(29)40-35)36(26)39-32-12-4-1-9-27(32)28-10-2-5-13-33(28)39/h1-16,18-20,22,38H,17H2. The molecule has 4 nitrogen and oxygen atoms in total. The van der Waals surface area contributed by atoms with Crippen LogP contribution in [-0.2, 0) is 0 Å². The number of rotatable bonds is 3. The highest BCUT2D eigenvalue weighted by molar-refractivity contribution is 6.11. The van der Waals surface area contributed by atoms with E-state index in [1.807, 2.05) is 36.5 Å². The lowest BCUT2D eigenvalue weighted by atomic mass is 9.92. The lowest BCUT2D eigenvalue weighted by Gasteiger charge is -2.19. The Bertz CT molecular complexity index is 2180. The molecule has 2 aromatic heterocycles. The Balaban J connectivity index is 1.50. The maximum atomic E-state index is 10.6. The molecule has 0 atom stereocenters. The quantitative estimate of drug-likeness (QED) is 0.257. The van der Waals surface area contributed by atoms with Crippen molar-refractivity contribution in [2.45, 2.75) is 0 Å². The van der Waals surface area contributed by atoms with Gasteiger partial charge in [-0.3, -0.25) is 0 Å². The van der Waals surface area contributed by atoms with Gasteiger partial charge in [0.15, 0.2) is 0 Å². The van der Waals surface area contributed by atoms with Gasteiger partial charge in [0.2, 0.25) is 0 Å². The summed E-state index contributed by atoms with van der Waals surface area (Å²) in [5.41, 5.74) is 9.43. The molecule has 188 valence electrons. The van der Waals surface area contributed by atoms with Gasteiger partial charge < -0.3 is 14.3 Å². The third-order valence-corrected chi connectivity index (χ3v) is 7.85. The zero-order chi connectivity index (χ0) is 26.6. The maximum absolute atomic E-state index is 10.6. The summed E-state index contributed by atoms with van der Waals surface area (Å²) in [7, 11) is 0. The number of allylic oxidation sites excluding steroid dienone is 2. The zero-order valence-electron chi connectivity index (χ0n) is 21.6. The summed E-state index contributed by atoms with van der Waals surface area (Å²) in [5, 5.41) is 18.4. The van der Waals surface area contributed by atoms with Crippen molar-refractivity contribution >= 4 is 49.3 Å².